The van der Waals surface area contributed by atoms with Gasteiger partial charge in [0.1, 0.15) is 4.60 Å². The number of halogens is 1. The van der Waals surface area contributed by atoms with Crippen LogP contribution < -0.4 is 0 Å². The molecule has 0 radical (unpaired) electrons. The van der Waals surface area contributed by atoms with E-state index in [2.05, 4.69) is 43.3 Å². The fourth-order valence-corrected chi connectivity index (χ4v) is 1.19. The molecule has 0 atom stereocenters. The Hall–Kier alpha value is -0.570. The zero-order chi connectivity index (χ0) is 8.27. The molecule has 0 saturated carbocycles. The fraction of sp³-hybridized carbons (Fsp3) is 0.143. The largest absolute Gasteiger partial charge is 0.244 e. The molecule has 0 amide bonds. The molecular formula is C7H5BrN2S. The van der Waals surface area contributed by atoms with Crippen molar-refractivity contribution < 1.29 is 0 Å². The highest BCUT2D eigenvalue weighted by molar-refractivity contribution is 9.10. The summed E-state index contributed by atoms with van der Waals surface area (Å²) < 4.78 is 0.804. The second-order valence-corrected chi connectivity index (χ2v) is 2.94. The Labute approximate surface area is 78.5 Å². The topological polar surface area (TPSA) is 25.2 Å². The molecule has 56 valence electrons. The second-order valence-electron chi connectivity index (χ2n) is 1.94. The third kappa shape index (κ3) is 2.19. The van der Waals surface area contributed by atoms with Crippen molar-refractivity contribution in [2.45, 2.75) is 6.92 Å². The molecule has 11 heavy (non-hydrogen) atoms. The van der Waals surface area contributed by atoms with E-state index < -0.39 is 0 Å². The van der Waals surface area contributed by atoms with Gasteiger partial charge in [-0.25, -0.2) is 4.98 Å². The second kappa shape index (κ2) is 3.72. The van der Waals surface area contributed by atoms with Crippen LogP contribution in [0.2, 0.25) is 0 Å². The molecule has 4 heteroatoms. The number of nitrogens with zero attached hydrogens (tertiary/aromatic N) is 2. The summed E-state index contributed by atoms with van der Waals surface area (Å²) in [7, 11) is 0. The van der Waals surface area contributed by atoms with E-state index in [4.69, 9.17) is 0 Å². The Kier molecular flexibility index (Phi) is 2.88. The smallest absolute Gasteiger partial charge is 0.106 e. The molecule has 0 aliphatic rings. The van der Waals surface area contributed by atoms with Gasteiger partial charge in [-0.2, -0.15) is 4.99 Å². The van der Waals surface area contributed by atoms with Crippen molar-refractivity contribution in [2.24, 2.45) is 4.99 Å². The standard InChI is InChI=1S/C7H5BrN2S/c1-5-6(9-4-11)2-3-7(8)10-5/h2-3H,1H3. The van der Waals surface area contributed by atoms with Gasteiger partial charge in [0.05, 0.1) is 16.5 Å². The molecule has 0 aromatic carbocycles. The summed E-state index contributed by atoms with van der Waals surface area (Å²) in [4.78, 5) is 7.96. The Morgan fingerprint density at radius 2 is 2.36 bits per heavy atom. The number of aromatic nitrogens is 1. The van der Waals surface area contributed by atoms with Crippen LogP contribution in [0, 0.1) is 6.92 Å². The van der Waals surface area contributed by atoms with E-state index in [1.807, 2.05) is 19.1 Å². The zero-order valence-electron chi connectivity index (χ0n) is 5.84. The molecule has 1 aromatic heterocycles. The van der Waals surface area contributed by atoms with Crippen LogP contribution in [0.15, 0.2) is 21.7 Å². The predicted octanol–water partition coefficient (Wildman–Crippen LogP) is 2.89. The van der Waals surface area contributed by atoms with Crippen molar-refractivity contribution in [3.8, 4) is 0 Å². The molecule has 1 rings (SSSR count). The van der Waals surface area contributed by atoms with Crippen LogP contribution in [0.25, 0.3) is 0 Å². The van der Waals surface area contributed by atoms with E-state index >= 15 is 0 Å². The van der Waals surface area contributed by atoms with Crippen LogP contribution in [-0.2, 0) is 0 Å². The van der Waals surface area contributed by atoms with Gasteiger partial charge in [-0.05, 0) is 47.2 Å². The van der Waals surface area contributed by atoms with Gasteiger partial charge >= 0.3 is 0 Å². The van der Waals surface area contributed by atoms with Crippen molar-refractivity contribution in [3.05, 3.63) is 22.4 Å². The van der Waals surface area contributed by atoms with Crippen LogP contribution >= 0.6 is 28.1 Å². The lowest BCUT2D eigenvalue weighted by atomic mass is 10.3. The van der Waals surface area contributed by atoms with Crippen LogP contribution in [0.5, 0.6) is 0 Å². The lowest BCUT2D eigenvalue weighted by Crippen LogP contribution is -1.80. The minimum atomic E-state index is 0.767. The number of aryl methyl sites for hydroxylation is 1. The quantitative estimate of drug-likeness (QED) is 0.420. The van der Waals surface area contributed by atoms with Crippen LogP contribution in [-0.4, -0.2) is 10.1 Å². The maximum absolute atomic E-state index is 4.47. The SMILES string of the molecule is Cc1nc(Br)ccc1N=C=S. The van der Waals surface area contributed by atoms with Crippen molar-refractivity contribution in [1.82, 2.24) is 4.98 Å². The average molecular weight is 229 g/mol. The first-order valence-electron chi connectivity index (χ1n) is 2.95. The number of isothiocyanates is 1. The van der Waals surface area contributed by atoms with E-state index in [1.54, 1.807) is 0 Å². The molecule has 2 nitrogen and oxygen atoms in total. The molecule has 0 spiro atoms. The molecule has 1 aromatic rings. The Bertz CT molecular complexity index is 318. The zero-order valence-corrected chi connectivity index (χ0v) is 8.24. The highest BCUT2D eigenvalue weighted by atomic mass is 79.9. The molecule has 0 unspecified atom stereocenters. The maximum Gasteiger partial charge on any atom is 0.106 e. The van der Waals surface area contributed by atoms with Gasteiger partial charge in [-0.3, -0.25) is 0 Å². The maximum atomic E-state index is 4.47. The predicted molar refractivity (Wildman–Crippen MR) is 51.4 cm³/mol. The van der Waals surface area contributed by atoms with E-state index in [1.165, 1.54) is 0 Å². The first kappa shape index (κ1) is 8.53. The molecule has 0 saturated heterocycles. The molecule has 1 heterocycles. The molecule has 0 aliphatic heterocycles. The van der Waals surface area contributed by atoms with Gasteiger partial charge in [-0.15, -0.1) is 0 Å². The van der Waals surface area contributed by atoms with Gasteiger partial charge in [0, 0.05) is 0 Å². The summed E-state index contributed by atoms with van der Waals surface area (Å²) in [6.07, 6.45) is 0. The lowest BCUT2D eigenvalue weighted by molar-refractivity contribution is 1.16. The summed E-state index contributed by atoms with van der Waals surface area (Å²) in [5.74, 6) is 0. The van der Waals surface area contributed by atoms with Gasteiger partial charge in [0.25, 0.3) is 0 Å². The highest BCUT2D eigenvalue weighted by Gasteiger charge is 1.96. The minimum absolute atomic E-state index is 0.767. The number of aliphatic imine (C=N–C) groups is 1. The first-order valence-corrected chi connectivity index (χ1v) is 4.15. The number of thiocarbonyl (C=S) groups is 1. The average Bonchev–Trinajstić information content (AvgIpc) is 1.95. The van der Waals surface area contributed by atoms with Gasteiger partial charge in [0.2, 0.25) is 0 Å². The molecule has 0 bridgehead atoms. The summed E-state index contributed by atoms with van der Waals surface area (Å²) in [5, 5.41) is 2.30. The van der Waals surface area contributed by atoms with Crippen molar-refractivity contribution in [3.63, 3.8) is 0 Å². The number of rotatable bonds is 1. The lowest BCUT2D eigenvalue weighted by Gasteiger charge is -1.96. The van der Waals surface area contributed by atoms with Crippen LogP contribution in [0.3, 0.4) is 0 Å². The Morgan fingerprint density at radius 3 is 2.91 bits per heavy atom. The van der Waals surface area contributed by atoms with Crippen LogP contribution in [0.4, 0.5) is 5.69 Å². The van der Waals surface area contributed by atoms with Gasteiger partial charge in [0.15, 0.2) is 0 Å². The normalized spacial score (nSPS) is 8.91. The minimum Gasteiger partial charge on any atom is -0.244 e. The third-order valence-corrected chi connectivity index (χ3v) is 1.72. The highest BCUT2D eigenvalue weighted by Crippen LogP contribution is 2.18. The van der Waals surface area contributed by atoms with E-state index in [9.17, 15) is 0 Å². The fourth-order valence-electron chi connectivity index (χ4n) is 0.690. The molecule has 0 N–H and O–H groups in total. The Morgan fingerprint density at radius 1 is 1.64 bits per heavy atom. The summed E-state index contributed by atoms with van der Waals surface area (Å²) in [5.41, 5.74) is 1.61. The number of pyridine rings is 1. The van der Waals surface area contributed by atoms with Crippen molar-refractivity contribution in [1.29, 1.82) is 0 Å². The van der Waals surface area contributed by atoms with E-state index in [0.29, 0.717) is 0 Å². The summed E-state index contributed by atoms with van der Waals surface area (Å²) >= 11 is 7.72. The summed E-state index contributed by atoms with van der Waals surface area (Å²) in [6, 6.07) is 3.66. The van der Waals surface area contributed by atoms with Crippen molar-refractivity contribution in [2.75, 3.05) is 0 Å². The van der Waals surface area contributed by atoms with Gasteiger partial charge < -0.3 is 0 Å². The van der Waals surface area contributed by atoms with Gasteiger partial charge in [-0.1, -0.05) is 0 Å². The monoisotopic (exact) mass is 228 g/mol. The molecule has 0 aliphatic carbocycles. The Balaban J connectivity index is 3.19. The first-order chi connectivity index (χ1) is 5.24. The van der Waals surface area contributed by atoms with Crippen molar-refractivity contribution >= 4 is 39.0 Å². The molecule has 0 fully saturated rings. The van der Waals surface area contributed by atoms with E-state index in [-0.39, 0.29) is 0 Å². The van der Waals surface area contributed by atoms with Crippen LogP contribution in [0.1, 0.15) is 5.69 Å². The molecular weight excluding hydrogens is 224 g/mol. The third-order valence-electron chi connectivity index (χ3n) is 1.19. The number of hydrogen-bond acceptors (Lipinski definition) is 3. The van der Waals surface area contributed by atoms with E-state index in [0.717, 1.165) is 16.0 Å². The summed E-state index contributed by atoms with van der Waals surface area (Å²) in [6.45, 7) is 1.87. The number of hydrogen-bond donors (Lipinski definition) is 0.